The lowest BCUT2D eigenvalue weighted by Gasteiger charge is -2.22. The summed E-state index contributed by atoms with van der Waals surface area (Å²) in [5, 5.41) is 10.8. The van der Waals surface area contributed by atoms with Gasteiger partial charge in [-0.3, -0.25) is 0 Å². The molecule has 1 unspecified atom stereocenters. The van der Waals surface area contributed by atoms with E-state index in [0.717, 1.165) is 28.7 Å². The first kappa shape index (κ1) is 12.9. The summed E-state index contributed by atoms with van der Waals surface area (Å²) in [6, 6.07) is 8.64. The molecule has 0 fully saturated rings. The molecule has 3 rings (SSSR count). The Morgan fingerprint density at radius 2 is 1.84 bits per heavy atom. The molecule has 1 heterocycles. The van der Waals surface area contributed by atoms with Gasteiger partial charge < -0.3 is 0 Å². The Labute approximate surface area is 122 Å². The van der Waals surface area contributed by atoms with Crippen LogP contribution in [0.4, 0.5) is 5.69 Å². The zero-order valence-corrected chi connectivity index (χ0v) is 12.5. The van der Waals surface area contributed by atoms with E-state index in [1.165, 1.54) is 25.7 Å². The van der Waals surface area contributed by atoms with E-state index >= 15 is 0 Å². The van der Waals surface area contributed by atoms with Gasteiger partial charge >= 0.3 is 0 Å². The Morgan fingerprint density at radius 1 is 1.05 bits per heavy atom. The van der Waals surface area contributed by atoms with Gasteiger partial charge in [0, 0.05) is 4.47 Å². The lowest BCUT2D eigenvalue weighted by atomic mass is 10.1. The van der Waals surface area contributed by atoms with Gasteiger partial charge in [-0.05, 0) is 43.5 Å². The van der Waals surface area contributed by atoms with E-state index in [1.807, 2.05) is 0 Å². The molecule has 1 aromatic rings. The standard InChI is InChI=1S/C15H18BrN3/c16-12-8-10-13(11-9-12)19-15-7-5-3-1-2-4-6-14(15)17-18-19/h6,8-11,15H,1-5,7H2/b14-6+. The van der Waals surface area contributed by atoms with Gasteiger partial charge in [0.1, 0.15) is 0 Å². The minimum Gasteiger partial charge on any atom is -0.238 e. The smallest absolute Gasteiger partial charge is 0.0979 e. The van der Waals surface area contributed by atoms with Crippen LogP contribution >= 0.6 is 15.9 Å². The Balaban J connectivity index is 1.84. The minimum atomic E-state index is 0.333. The molecule has 19 heavy (non-hydrogen) atoms. The normalized spacial score (nSPS) is 26.1. The highest BCUT2D eigenvalue weighted by Crippen LogP contribution is 2.33. The zero-order valence-electron chi connectivity index (χ0n) is 10.9. The number of fused-ring (bicyclic) bond motifs is 1. The monoisotopic (exact) mass is 319 g/mol. The van der Waals surface area contributed by atoms with E-state index in [9.17, 15) is 0 Å². The van der Waals surface area contributed by atoms with Crippen LogP contribution in [0.3, 0.4) is 0 Å². The molecule has 0 bridgehead atoms. The van der Waals surface area contributed by atoms with Crippen molar-refractivity contribution in [2.75, 3.05) is 5.01 Å². The van der Waals surface area contributed by atoms with Crippen LogP contribution in [0.5, 0.6) is 0 Å². The van der Waals surface area contributed by atoms with Crippen molar-refractivity contribution in [3.8, 4) is 0 Å². The number of halogens is 1. The van der Waals surface area contributed by atoms with Crippen LogP contribution in [0, 0.1) is 0 Å². The lowest BCUT2D eigenvalue weighted by molar-refractivity contribution is 0.581. The van der Waals surface area contributed by atoms with E-state index in [-0.39, 0.29) is 0 Å². The number of hydrogen-bond acceptors (Lipinski definition) is 3. The van der Waals surface area contributed by atoms with Crippen molar-refractivity contribution >= 4 is 21.6 Å². The molecule has 0 radical (unpaired) electrons. The number of hydrogen-bond donors (Lipinski definition) is 0. The van der Waals surface area contributed by atoms with Crippen LogP contribution in [0.25, 0.3) is 0 Å². The lowest BCUT2D eigenvalue weighted by Crippen LogP contribution is -2.27. The predicted octanol–water partition coefficient (Wildman–Crippen LogP) is 5.24. The molecule has 1 aliphatic heterocycles. The van der Waals surface area contributed by atoms with E-state index < -0.39 is 0 Å². The number of nitrogens with zero attached hydrogens (tertiary/aromatic N) is 3. The highest BCUT2D eigenvalue weighted by atomic mass is 79.9. The van der Waals surface area contributed by atoms with Crippen LogP contribution in [0.15, 0.2) is 50.8 Å². The summed E-state index contributed by atoms with van der Waals surface area (Å²) < 4.78 is 1.10. The summed E-state index contributed by atoms with van der Waals surface area (Å²) >= 11 is 3.47. The van der Waals surface area contributed by atoms with Crippen molar-refractivity contribution in [1.82, 2.24) is 0 Å². The summed E-state index contributed by atoms with van der Waals surface area (Å²) in [6.45, 7) is 0. The van der Waals surface area contributed by atoms with Crippen LogP contribution in [-0.4, -0.2) is 6.04 Å². The number of allylic oxidation sites excluding steroid dienone is 1. The number of rotatable bonds is 1. The van der Waals surface area contributed by atoms with Crippen molar-refractivity contribution in [3.05, 3.63) is 40.5 Å². The van der Waals surface area contributed by atoms with Crippen molar-refractivity contribution in [1.29, 1.82) is 0 Å². The molecule has 1 aromatic carbocycles. The van der Waals surface area contributed by atoms with Crippen molar-refractivity contribution < 1.29 is 0 Å². The van der Waals surface area contributed by atoms with Crippen LogP contribution < -0.4 is 5.01 Å². The summed E-state index contributed by atoms with van der Waals surface area (Å²) in [6.07, 6.45) is 9.77. The molecule has 1 atom stereocenters. The Morgan fingerprint density at radius 3 is 2.68 bits per heavy atom. The highest BCUT2D eigenvalue weighted by Gasteiger charge is 2.28. The van der Waals surface area contributed by atoms with E-state index in [0.29, 0.717) is 6.04 Å². The zero-order chi connectivity index (χ0) is 13.1. The van der Waals surface area contributed by atoms with Crippen molar-refractivity contribution in [2.24, 2.45) is 10.3 Å². The second kappa shape index (κ2) is 5.87. The highest BCUT2D eigenvalue weighted by molar-refractivity contribution is 9.10. The van der Waals surface area contributed by atoms with E-state index in [1.54, 1.807) is 0 Å². The van der Waals surface area contributed by atoms with Gasteiger partial charge in [-0.15, -0.1) is 5.11 Å². The Bertz CT molecular complexity index is 493. The van der Waals surface area contributed by atoms with Crippen molar-refractivity contribution in [2.45, 2.75) is 44.6 Å². The van der Waals surface area contributed by atoms with E-state index in [4.69, 9.17) is 0 Å². The maximum Gasteiger partial charge on any atom is 0.0979 e. The molecule has 0 spiro atoms. The largest absolute Gasteiger partial charge is 0.238 e. The molecule has 2 aliphatic rings. The Kier molecular flexibility index (Phi) is 3.97. The first-order valence-corrected chi connectivity index (χ1v) is 7.80. The predicted molar refractivity (Wildman–Crippen MR) is 81.1 cm³/mol. The van der Waals surface area contributed by atoms with Gasteiger partial charge in [0.15, 0.2) is 0 Å². The molecular weight excluding hydrogens is 302 g/mol. The summed E-state index contributed by atoms with van der Waals surface area (Å²) in [7, 11) is 0. The quantitative estimate of drug-likeness (QED) is 0.695. The van der Waals surface area contributed by atoms with Gasteiger partial charge in [0.05, 0.1) is 17.4 Å². The van der Waals surface area contributed by atoms with Gasteiger partial charge in [-0.1, -0.05) is 46.5 Å². The molecular formula is C15H18BrN3. The summed E-state index contributed by atoms with van der Waals surface area (Å²) in [5.41, 5.74) is 2.28. The third kappa shape index (κ3) is 2.89. The van der Waals surface area contributed by atoms with Gasteiger partial charge in [-0.25, -0.2) is 5.01 Å². The van der Waals surface area contributed by atoms with E-state index in [2.05, 4.69) is 61.6 Å². The maximum atomic E-state index is 4.38. The van der Waals surface area contributed by atoms with Crippen LogP contribution in [-0.2, 0) is 0 Å². The molecule has 100 valence electrons. The fourth-order valence-corrected chi connectivity index (χ4v) is 2.98. The average molecular weight is 320 g/mol. The summed E-state index contributed by atoms with van der Waals surface area (Å²) in [4.78, 5) is 0. The molecule has 0 aromatic heterocycles. The summed E-state index contributed by atoms with van der Waals surface area (Å²) in [5.74, 6) is 0. The molecule has 3 nitrogen and oxygen atoms in total. The van der Waals surface area contributed by atoms with Gasteiger partial charge in [-0.2, -0.15) is 0 Å². The Hall–Kier alpha value is -1.16. The second-order valence-electron chi connectivity index (χ2n) is 5.15. The first-order chi connectivity index (χ1) is 9.34. The number of benzene rings is 1. The average Bonchev–Trinajstić information content (AvgIpc) is 2.84. The second-order valence-corrected chi connectivity index (χ2v) is 6.06. The topological polar surface area (TPSA) is 28.0 Å². The van der Waals surface area contributed by atoms with Crippen LogP contribution in [0.2, 0.25) is 0 Å². The maximum absolute atomic E-state index is 4.38. The van der Waals surface area contributed by atoms with Crippen molar-refractivity contribution in [3.63, 3.8) is 0 Å². The minimum absolute atomic E-state index is 0.333. The molecule has 4 heteroatoms. The fourth-order valence-electron chi connectivity index (χ4n) is 2.71. The number of anilines is 1. The molecule has 0 amide bonds. The fraction of sp³-hybridized carbons (Fsp3) is 0.467. The van der Waals surface area contributed by atoms with Gasteiger partial charge in [0.2, 0.25) is 0 Å². The third-order valence-electron chi connectivity index (χ3n) is 3.77. The SMILES string of the molecule is Brc1ccc(N2N=N/C3=C/CCCCCCC32)cc1. The van der Waals surface area contributed by atoms with Gasteiger partial charge in [0.25, 0.3) is 0 Å². The third-order valence-corrected chi connectivity index (χ3v) is 4.30. The molecule has 1 aliphatic carbocycles. The molecule has 0 N–H and O–H groups in total. The first-order valence-electron chi connectivity index (χ1n) is 7.01. The van der Waals surface area contributed by atoms with Crippen LogP contribution in [0.1, 0.15) is 38.5 Å². The molecule has 0 saturated carbocycles. The molecule has 0 saturated heterocycles.